The number of carbonyl (C=O) groups excluding carboxylic acids is 2. The van der Waals surface area contributed by atoms with Crippen LogP contribution in [0.1, 0.15) is 152 Å². The molecule has 2 aliphatic heterocycles. The third-order valence-corrected chi connectivity index (χ3v) is 14.3. The number of thioether (sulfide) groups is 2. The zero-order valence-electron chi connectivity index (χ0n) is 30.5. The summed E-state index contributed by atoms with van der Waals surface area (Å²) in [4.78, 5) is 33.8. The smallest absolute Gasteiger partial charge is 0.266 e. The van der Waals surface area contributed by atoms with Crippen LogP contribution in [-0.2, 0) is 9.59 Å². The fourth-order valence-electron chi connectivity index (χ4n) is 6.34. The van der Waals surface area contributed by atoms with Gasteiger partial charge in [-0.05, 0) is 43.2 Å². The molecule has 0 aliphatic carbocycles. The highest BCUT2D eigenvalue weighted by atomic mass is 32.2. The van der Waals surface area contributed by atoms with Gasteiger partial charge in [0.05, 0.1) is 14.7 Å². The second kappa shape index (κ2) is 23.4. The molecule has 280 valence electrons. The second-order valence-corrected chi connectivity index (χ2v) is 19.1. The van der Waals surface area contributed by atoms with Crippen molar-refractivity contribution in [3.8, 4) is 9.75 Å². The molecule has 2 aromatic rings. The average molecular weight is 807 g/mol. The summed E-state index contributed by atoms with van der Waals surface area (Å²) >= 11 is 16.5. The van der Waals surface area contributed by atoms with Crippen LogP contribution in [0.25, 0.3) is 21.9 Å². The molecule has 0 saturated carbocycles. The van der Waals surface area contributed by atoms with Gasteiger partial charge in [-0.15, -0.1) is 22.7 Å². The Morgan fingerprint density at radius 2 is 1.00 bits per heavy atom. The largest absolute Gasteiger partial charge is 0.293 e. The predicted octanol–water partition coefficient (Wildman–Crippen LogP) is 13.9. The number of hydrogen-bond donors (Lipinski definition) is 0. The molecule has 0 aromatic carbocycles. The molecule has 0 N–H and O–H groups in total. The fourth-order valence-corrected chi connectivity index (χ4v) is 11.1. The summed E-state index contributed by atoms with van der Waals surface area (Å²) < 4.78 is 16.4. The molecule has 11 heteroatoms. The van der Waals surface area contributed by atoms with Crippen LogP contribution < -0.4 is 0 Å². The van der Waals surface area contributed by atoms with Gasteiger partial charge in [-0.3, -0.25) is 19.4 Å². The minimum atomic E-state index is -0.316. The maximum Gasteiger partial charge on any atom is 0.266 e. The number of nitrogens with zero attached hydrogens (tertiary/aromatic N) is 2. The van der Waals surface area contributed by atoms with E-state index in [-0.39, 0.29) is 17.6 Å². The Hall–Kier alpha value is -1.37. The number of halogens is 1. The van der Waals surface area contributed by atoms with Crippen LogP contribution in [-0.4, -0.2) is 43.3 Å². The minimum Gasteiger partial charge on any atom is -0.293 e. The fraction of sp³-hybridized carbons (Fsp3) is 0.600. The Morgan fingerprint density at radius 1 is 0.588 bits per heavy atom. The van der Waals surface area contributed by atoms with Crippen molar-refractivity contribution >= 4 is 103 Å². The van der Waals surface area contributed by atoms with Gasteiger partial charge in [0, 0.05) is 27.7 Å². The topological polar surface area (TPSA) is 40.6 Å². The zero-order valence-corrected chi connectivity index (χ0v) is 35.4. The van der Waals surface area contributed by atoms with E-state index in [9.17, 15) is 9.59 Å². The first-order chi connectivity index (χ1) is 24.8. The molecule has 4 rings (SSSR count). The lowest BCUT2D eigenvalue weighted by molar-refractivity contribution is -0.123. The van der Waals surface area contributed by atoms with Crippen LogP contribution in [0.5, 0.6) is 0 Å². The van der Waals surface area contributed by atoms with Crippen molar-refractivity contribution in [3.05, 3.63) is 43.6 Å². The van der Waals surface area contributed by atoms with E-state index in [2.05, 4.69) is 13.8 Å². The number of unbranched alkanes of at least 4 members (excludes halogenated alkanes) is 18. The van der Waals surface area contributed by atoms with E-state index in [1.807, 2.05) is 18.2 Å². The van der Waals surface area contributed by atoms with Gasteiger partial charge < -0.3 is 0 Å². The summed E-state index contributed by atoms with van der Waals surface area (Å²) in [6.07, 6.45) is 28.6. The van der Waals surface area contributed by atoms with Crippen molar-refractivity contribution in [3.63, 3.8) is 0 Å². The molecule has 4 nitrogen and oxygen atoms in total. The highest BCUT2D eigenvalue weighted by molar-refractivity contribution is 8.27. The second-order valence-electron chi connectivity index (χ2n) is 13.6. The molecule has 0 spiro atoms. The van der Waals surface area contributed by atoms with Crippen molar-refractivity contribution in [2.24, 2.45) is 0 Å². The first-order valence-electron chi connectivity index (χ1n) is 19.2. The maximum atomic E-state index is 15.2. The Morgan fingerprint density at radius 3 is 1.45 bits per heavy atom. The number of thiophene rings is 2. The van der Waals surface area contributed by atoms with E-state index in [4.69, 9.17) is 24.4 Å². The molecule has 0 bridgehead atoms. The number of hydrogen-bond acceptors (Lipinski definition) is 8. The number of rotatable bonds is 25. The highest BCUT2D eigenvalue weighted by Gasteiger charge is 2.33. The lowest BCUT2D eigenvalue weighted by Gasteiger charge is -2.14. The minimum absolute atomic E-state index is 0.0362. The Balaban J connectivity index is 1.22. The molecule has 0 atom stereocenters. The Bertz CT molecular complexity index is 1510. The molecular formula is C40H55FN2O2S6. The zero-order chi connectivity index (χ0) is 36.4. The van der Waals surface area contributed by atoms with Gasteiger partial charge in [0.25, 0.3) is 11.8 Å². The molecule has 2 saturated heterocycles. The van der Waals surface area contributed by atoms with Crippen LogP contribution >= 0.6 is 70.6 Å². The first kappa shape index (κ1) is 42.4. The van der Waals surface area contributed by atoms with E-state index in [0.29, 0.717) is 41.3 Å². The van der Waals surface area contributed by atoms with Crippen LogP contribution in [0.2, 0.25) is 0 Å². The van der Waals surface area contributed by atoms with Gasteiger partial charge in [0.2, 0.25) is 0 Å². The molecular weight excluding hydrogens is 752 g/mol. The normalized spacial score (nSPS) is 16.7. The summed E-state index contributed by atoms with van der Waals surface area (Å²) in [6.45, 7) is 5.80. The number of thiocarbonyl (C=S) groups is 2. The average Bonchev–Trinajstić information content (AvgIpc) is 3.85. The predicted molar refractivity (Wildman–Crippen MR) is 231 cm³/mol. The quantitative estimate of drug-likeness (QED) is 0.0565. The van der Waals surface area contributed by atoms with Crippen molar-refractivity contribution in [2.75, 3.05) is 13.1 Å². The van der Waals surface area contributed by atoms with Gasteiger partial charge in [-0.25, -0.2) is 4.39 Å². The Kier molecular flexibility index (Phi) is 19.5. The first-order valence-corrected chi connectivity index (χ1v) is 23.3. The molecule has 2 fully saturated rings. The SMILES string of the molecule is CCCCCCCCCCCCN1C(=O)/C(=C/c2ccc(-c3sc(/C=C4\SC(=S)N(CCCCCCCCCCCC)C4=O)cc3F)s2)SC1=S. The van der Waals surface area contributed by atoms with Crippen molar-refractivity contribution < 1.29 is 14.0 Å². The van der Waals surface area contributed by atoms with Gasteiger partial charge >= 0.3 is 0 Å². The summed E-state index contributed by atoms with van der Waals surface area (Å²) in [5.41, 5.74) is 0. The van der Waals surface area contributed by atoms with Crippen molar-refractivity contribution in [2.45, 2.75) is 142 Å². The molecule has 51 heavy (non-hydrogen) atoms. The summed E-state index contributed by atoms with van der Waals surface area (Å²) in [5.74, 6) is -0.436. The van der Waals surface area contributed by atoms with Crippen LogP contribution in [0.3, 0.4) is 0 Å². The standard InChI is InChI=1S/C40H55FN2O2S6/c1-3-5-7-9-11-13-15-17-19-21-25-42-37(44)34(50-39(42)46)28-30-23-24-33(48-30)36-32(41)27-31(49-36)29-35-38(45)43(40(47)51-35)26-22-20-18-16-14-12-10-8-6-4-2/h23-24,27-29H,3-22,25-26H2,1-2H3/b34-28-,35-29-. The lowest BCUT2D eigenvalue weighted by Crippen LogP contribution is -2.28. The van der Waals surface area contributed by atoms with Crippen molar-refractivity contribution in [1.82, 2.24) is 9.80 Å². The summed E-state index contributed by atoms with van der Waals surface area (Å²) in [5, 5.41) is 0. The van der Waals surface area contributed by atoms with Crippen LogP contribution in [0.15, 0.2) is 28.0 Å². The van der Waals surface area contributed by atoms with Gasteiger partial charge in [-0.2, -0.15) is 0 Å². The van der Waals surface area contributed by atoms with Crippen LogP contribution in [0.4, 0.5) is 4.39 Å². The molecule has 2 aromatic heterocycles. The number of amides is 2. The van der Waals surface area contributed by atoms with Crippen LogP contribution in [0, 0.1) is 5.82 Å². The van der Waals surface area contributed by atoms with E-state index in [1.54, 1.807) is 15.9 Å². The third-order valence-electron chi connectivity index (χ3n) is 9.32. The summed E-state index contributed by atoms with van der Waals surface area (Å²) in [6, 6.07) is 5.31. The molecule has 4 heterocycles. The Labute approximate surface area is 333 Å². The van der Waals surface area contributed by atoms with E-state index >= 15 is 4.39 Å². The maximum absolute atomic E-state index is 15.2. The monoisotopic (exact) mass is 806 g/mol. The van der Waals surface area contributed by atoms with Gasteiger partial charge in [-0.1, -0.05) is 177 Å². The molecule has 2 aliphatic rings. The van der Waals surface area contributed by atoms with Gasteiger partial charge in [0.15, 0.2) is 0 Å². The molecule has 2 amide bonds. The summed E-state index contributed by atoms with van der Waals surface area (Å²) in [7, 11) is 0. The third kappa shape index (κ3) is 13.8. The molecule has 0 radical (unpaired) electrons. The van der Waals surface area contributed by atoms with E-state index in [1.165, 1.54) is 155 Å². The lowest BCUT2D eigenvalue weighted by atomic mass is 10.1. The van der Waals surface area contributed by atoms with E-state index < -0.39 is 0 Å². The van der Waals surface area contributed by atoms with E-state index in [0.717, 1.165) is 35.4 Å². The molecule has 0 unspecified atom stereocenters. The number of carbonyl (C=O) groups is 2. The van der Waals surface area contributed by atoms with Gasteiger partial charge in [0.1, 0.15) is 14.5 Å². The van der Waals surface area contributed by atoms with Crippen molar-refractivity contribution in [1.29, 1.82) is 0 Å². The highest BCUT2D eigenvalue weighted by Crippen LogP contribution is 2.41.